The molecule has 22 heavy (non-hydrogen) atoms. The molecule has 0 radical (unpaired) electrons. The van der Waals surface area contributed by atoms with Gasteiger partial charge in [0.25, 0.3) is 5.91 Å². The average Bonchev–Trinajstić information content (AvgIpc) is 2.47. The molecular weight excluding hydrogens is 391 g/mol. The van der Waals surface area contributed by atoms with Crippen molar-refractivity contribution in [2.45, 2.75) is 19.5 Å². The van der Waals surface area contributed by atoms with Gasteiger partial charge < -0.3 is 5.32 Å². The fraction of sp³-hybridized carbons (Fsp3) is 0.176. The quantitative estimate of drug-likeness (QED) is 0.775. The summed E-state index contributed by atoms with van der Waals surface area (Å²) in [6, 6.07) is 14.8. The number of nitrogens with one attached hydrogen (secondary N) is 1. The summed E-state index contributed by atoms with van der Waals surface area (Å²) in [4.78, 5) is 26.8. The zero-order valence-electron chi connectivity index (χ0n) is 12.3. The lowest BCUT2D eigenvalue weighted by molar-refractivity contribution is -0.120. The van der Waals surface area contributed by atoms with Crippen LogP contribution in [0.15, 0.2) is 48.5 Å². The number of nitrogens with zero attached hydrogens (tertiary/aromatic N) is 1. The molecule has 1 aliphatic rings. The normalized spacial score (nSPS) is 20.3. The minimum absolute atomic E-state index is 0.116. The van der Waals surface area contributed by atoms with Crippen LogP contribution in [0.25, 0.3) is 0 Å². The van der Waals surface area contributed by atoms with Gasteiger partial charge in [-0.25, -0.2) is 0 Å². The monoisotopic (exact) mass is 406 g/mol. The number of amides is 1. The van der Waals surface area contributed by atoms with E-state index < -0.39 is 5.66 Å². The SMILES string of the molecule is CC(=O)C1(C)Nc2ccccc2C(=O)N1c1cccc(I)c1. The third-order valence-electron chi connectivity index (χ3n) is 3.94. The summed E-state index contributed by atoms with van der Waals surface area (Å²) in [6.45, 7) is 3.23. The second-order valence-corrected chi connectivity index (χ2v) is 6.67. The van der Waals surface area contributed by atoms with Crippen LogP contribution in [0.4, 0.5) is 11.4 Å². The van der Waals surface area contributed by atoms with Gasteiger partial charge in [-0.2, -0.15) is 0 Å². The van der Waals surface area contributed by atoms with E-state index in [1.807, 2.05) is 42.5 Å². The number of fused-ring (bicyclic) bond motifs is 1. The molecule has 1 amide bonds. The summed E-state index contributed by atoms with van der Waals surface area (Å²) >= 11 is 2.19. The van der Waals surface area contributed by atoms with Crippen molar-refractivity contribution >= 4 is 45.7 Å². The summed E-state index contributed by atoms with van der Waals surface area (Å²) in [6.07, 6.45) is 0. The largest absolute Gasteiger partial charge is 0.356 e. The molecule has 0 aromatic heterocycles. The van der Waals surface area contributed by atoms with Crippen LogP contribution >= 0.6 is 22.6 Å². The van der Waals surface area contributed by atoms with Gasteiger partial charge in [-0.3, -0.25) is 14.5 Å². The molecule has 0 spiro atoms. The average molecular weight is 406 g/mol. The smallest absolute Gasteiger partial charge is 0.262 e. The van der Waals surface area contributed by atoms with Gasteiger partial charge in [0.15, 0.2) is 11.4 Å². The Morgan fingerprint density at radius 2 is 1.91 bits per heavy atom. The lowest BCUT2D eigenvalue weighted by Gasteiger charge is -2.44. The van der Waals surface area contributed by atoms with Crippen LogP contribution in [-0.2, 0) is 4.79 Å². The summed E-state index contributed by atoms with van der Waals surface area (Å²) in [5, 5.41) is 3.22. The lowest BCUT2D eigenvalue weighted by Crippen LogP contribution is -2.62. The Morgan fingerprint density at radius 1 is 1.18 bits per heavy atom. The maximum atomic E-state index is 13.0. The van der Waals surface area contributed by atoms with Crippen LogP contribution < -0.4 is 10.2 Å². The number of carbonyl (C=O) groups excluding carboxylic acids is 2. The van der Waals surface area contributed by atoms with E-state index in [4.69, 9.17) is 0 Å². The molecule has 2 aromatic carbocycles. The van der Waals surface area contributed by atoms with Crippen molar-refractivity contribution in [3.63, 3.8) is 0 Å². The van der Waals surface area contributed by atoms with Crippen molar-refractivity contribution in [3.8, 4) is 0 Å². The van der Waals surface area contributed by atoms with E-state index >= 15 is 0 Å². The van der Waals surface area contributed by atoms with Crippen LogP contribution in [0.1, 0.15) is 24.2 Å². The molecule has 1 aliphatic heterocycles. The lowest BCUT2D eigenvalue weighted by atomic mass is 9.96. The minimum Gasteiger partial charge on any atom is -0.356 e. The maximum absolute atomic E-state index is 13.0. The van der Waals surface area contributed by atoms with Gasteiger partial charge >= 0.3 is 0 Å². The second-order valence-electron chi connectivity index (χ2n) is 5.42. The van der Waals surface area contributed by atoms with Crippen LogP contribution in [0, 0.1) is 3.57 Å². The van der Waals surface area contributed by atoms with Crippen LogP contribution in [0.2, 0.25) is 0 Å². The highest BCUT2D eigenvalue weighted by Crippen LogP contribution is 2.35. The van der Waals surface area contributed by atoms with Crippen LogP contribution in [-0.4, -0.2) is 17.4 Å². The van der Waals surface area contributed by atoms with E-state index in [9.17, 15) is 9.59 Å². The number of Topliss-reactive ketones (excluding diaryl/α,β-unsaturated/α-hetero) is 1. The summed E-state index contributed by atoms with van der Waals surface area (Å²) in [5.74, 6) is -0.289. The van der Waals surface area contributed by atoms with E-state index in [0.29, 0.717) is 16.9 Å². The van der Waals surface area contributed by atoms with Gasteiger partial charge in [-0.1, -0.05) is 18.2 Å². The van der Waals surface area contributed by atoms with Crippen molar-refractivity contribution in [1.82, 2.24) is 0 Å². The third kappa shape index (κ3) is 2.29. The van der Waals surface area contributed by atoms with Gasteiger partial charge in [-0.15, -0.1) is 0 Å². The van der Waals surface area contributed by atoms with Gasteiger partial charge in [0.2, 0.25) is 0 Å². The topological polar surface area (TPSA) is 49.4 Å². The fourth-order valence-corrected chi connectivity index (χ4v) is 3.18. The van der Waals surface area contributed by atoms with Crippen molar-refractivity contribution in [2.24, 2.45) is 0 Å². The predicted octanol–water partition coefficient (Wildman–Crippen LogP) is 3.67. The van der Waals surface area contributed by atoms with Crippen molar-refractivity contribution in [2.75, 3.05) is 10.2 Å². The molecule has 3 rings (SSSR count). The highest BCUT2D eigenvalue weighted by atomic mass is 127. The third-order valence-corrected chi connectivity index (χ3v) is 4.61. The highest BCUT2D eigenvalue weighted by Gasteiger charge is 2.45. The number of para-hydroxylation sites is 1. The standard InChI is InChI=1S/C17H15IN2O2/c1-11(21)17(2)19-15-9-4-3-8-14(15)16(22)20(17)13-7-5-6-12(18)10-13/h3-10,19H,1-2H3. The first-order valence-corrected chi connectivity index (χ1v) is 8.00. The number of hydrogen-bond donors (Lipinski definition) is 1. The van der Waals surface area contributed by atoms with E-state index in [1.54, 1.807) is 17.9 Å². The van der Waals surface area contributed by atoms with Crippen molar-refractivity contribution in [1.29, 1.82) is 0 Å². The van der Waals surface area contributed by atoms with Crippen molar-refractivity contribution in [3.05, 3.63) is 57.7 Å². The molecule has 5 heteroatoms. The van der Waals surface area contributed by atoms with Gasteiger partial charge in [0.1, 0.15) is 0 Å². The van der Waals surface area contributed by atoms with Crippen molar-refractivity contribution < 1.29 is 9.59 Å². The molecule has 0 bridgehead atoms. The highest BCUT2D eigenvalue weighted by molar-refractivity contribution is 14.1. The fourth-order valence-electron chi connectivity index (χ4n) is 2.66. The molecule has 1 N–H and O–H groups in total. The summed E-state index contributed by atoms with van der Waals surface area (Å²) < 4.78 is 1.01. The predicted molar refractivity (Wildman–Crippen MR) is 95.1 cm³/mol. The molecule has 112 valence electrons. The number of benzene rings is 2. The summed E-state index contributed by atoms with van der Waals surface area (Å²) in [5.41, 5.74) is 0.861. The second kappa shape index (κ2) is 5.39. The number of ketones is 1. The molecule has 1 heterocycles. The van der Waals surface area contributed by atoms with E-state index in [2.05, 4.69) is 27.9 Å². The summed E-state index contributed by atoms with van der Waals surface area (Å²) in [7, 11) is 0. The molecule has 0 saturated heterocycles. The Balaban J connectivity index is 2.21. The number of rotatable bonds is 2. The molecule has 0 fully saturated rings. The Bertz CT molecular complexity index is 775. The maximum Gasteiger partial charge on any atom is 0.262 e. The van der Waals surface area contributed by atoms with E-state index in [-0.39, 0.29) is 11.7 Å². The first-order chi connectivity index (χ1) is 10.4. The molecular formula is C17H15IN2O2. The van der Waals surface area contributed by atoms with Gasteiger partial charge in [0.05, 0.1) is 5.56 Å². The van der Waals surface area contributed by atoms with Crippen LogP contribution in [0.5, 0.6) is 0 Å². The van der Waals surface area contributed by atoms with E-state index in [0.717, 1.165) is 3.57 Å². The zero-order valence-corrected chi connectivity index (χ0v) is 14.4. The Labute approximate surface area is 142 Å². The molecule has 2 aromatic rings. The zero-order chi connectivity index (χ0) is 15.9. The Kier molecular flexibility index (Phi) is 3.68. The van der Waals surface area contributed by atoms with Gasteiger partial charge in [-0.05, 0) is 66.8 Å². The number of hydrogen-bond acceptors (Lipinski definition) is 3. The minimum atomic E-state index is -1.10. The van der Waals surface area contributed by atoms with Crippen LogP contribution in [0.3, 0.4) is 0 Å². The molecule has 1 unspecified atom stereocenters. The molecule has 0 aliphatic carbocycles. The Hall–Kier alpha value is -1.89. The van der Waals surface area contributed by atoms with E-state index in [1.165, 1.54) is 6.92 Å². The number of carbonyl (C=O) groups is 2. The molecule has 4 nitrogen and oxygen atoms in total. The van der Waals surface area contributed by atoms with Gasteiger partial charge in [0, 0.05) is 14.9 Å². The Morgan fingerprint density at radius 3 is 2.59 bits per heavy atom. The number of anilines is 2. The molecule has 0 saturated carbocycles. The molecule has 1 atom stereocenters. The first kappa shape index (κ1) is 15.0. The number of halogens is 1. The first-order valence-electron chi connectivity index (χ1n) is 6.92.